The number of hydrogen-bond donors (Lipinski definition) is 0. The predicted molar refractivity (Wildman–Crippen MR) is 152 cm³/mol. The van der Waals surface area contributed by atoms with Crippen molar-refractivity contribution in [2.45, 2.75) is 58.7 Å². The molecule has 1 atom stereocenters. The number of imide groups is 1. The lowest BCUT2D eigenvalue weighted by molar-refractivity contribution is -0.135. The number of rotatable bonds is 6. The fourth-order valence-corrected chi connectivity index (χ4v) is 6.34. The molecule has 3 heterocycles. The molecule has 2 aliphatic rings. The first-order valence-corrected chi connectivity index (χ1v) is 14.4. The molecule has 0 aliphatic carbocycles. The molecule has 0 N–H and O–H groups in total. The maximum absolute atomic E-state index is 13.3. The molecule has 2 aliphatic heterocycles. The highest BCUT2D eigenvalue weighted by molar-refractivity contribution is 9.10. The summed E-state index contributed by atoms with van der Waals surface area (Å²) in [5.74, 6) is -0.167. The smallest absolute Gasteiger partial charge is 0.293 e. The number of likely N-dealkylation sites (tertiary alicyclic amines) is 1. The standard InChI is InChI=1S/C29H30BrN3O3S/c1-3-21-8-6-9-24-22(17-31(27(21)24)18-26(34)32-14-5-4-7-19(32)2)15-25-28(35)33(29(36)37-25)16-20-10-12-23(30)13-11-20/h6,8-13,15,17,19H,3-5,7,14,16,18H2,1-2H3/b25-15-/t19-/m0/s1. The number of halogens is 1. The number of thioether (sulfide) groups is 1. The van der Waals surface area contributed by atoms with Gasteiger partial charge in [-0.15, -0.1) is 0 Å². The summed E-state index contributed by atoms with van der Waals surface area (Å²) in [6.45, 7) is 5.53. The third-order valence-corrected chi connectivity index (χ3v) is 8.67. The van der Waals surface area contributed by atoms with E-state index in [1.165, 1.54) is 11.3 Å². The molecule has 5 rings (SSSR count). The van der Waals surface area contributed by atoms with Crippen molar-refractivity contribution in [3.63, 3.8) is 0 Å². The van der Waals surface area contributed by atoms with Crippen LogP contribution in [0.25, 0.3) is 17.0 Å². The summed E-state index contributed by atoms with van der Waals surface area (Å²) >= 11 is 4.38. The molecule has 3 amide bonds. The number of benzene rings is 2. The molecule has 192 valence electrons. The van der Waals surface area contributed by atoms with Crippen LogP contribution in [0.3, 0.4) is 0 Å². The summed E-state index contributed by atoms with van der Waals surface area (Å²) in [7, 11) is 0. The van der Waals surface area contributed by atoms with Crippen LogP contribution in [0, 0.1) is 0 Å². The Hall–Kier alpha value is -2.84. The maximum Gasteiger partial charge on any atom is 0.293 e. The minimum absolute atomic E-state index is 0.122. The first-order chi connectivity index (χ1) is 17.9. The van der Waals surface area contributed by atoms with Gasteiger partial charge in [0, 0.05) is 34.2 Å². The number of aromatic nitrogens is 1. The van der Waals surface area contributed by atoms with Crippen LogP contribution in [-0.4, -0.2) is 44.0 Å². The number of fused-ring (bicyclic) bond motifs is 1. The van der Waals surface area contributed by atoms with E-state index in [0.717, 1.165) is 69.6 Å². The minimum atomic E-state index is -0.288. The van der Waals surface area contributed by atoms with Crippen molar-refractivity contribution in [3.05, 3.63) is 74.7 Å². The van der Waals surface area contributed by atoms with Gasteiger partial charge < -0.3 is 9.47 Å². The van der Waals surface area contributed by atoms with Gasteiger partial charge in [0.25, 0.3) is 11.1 Å². The highest BCUT2D eigenvalue weighted by atomic mass is 79.9. The first kappa shape index (κ1) is 25.8. The van der Waals surface area contributed by atoms with Gasteiger partial charge >= 0.3 is 0 Å². The van der Waals surface area contributed by atoms with Crippen molar-refractivity contribution in [2.24, 2.45) is 0 Å². The van der Waals surface area contributed by atoms with Crippen LogP contribution in [-0.2, 0) is 29.1 Å². The van der Waals surface area contributed by atoms with Crippen molar-refractivity contribution in [3.8, 4) is 0 Å². The van der Waals surface area contributed by atoms with Gasteiger partial charge in [0.05, 0.1) is 17.0 Å². The molecular weight excluding hydrogens is 550 g/mol. The summed E-state index contributed by atoms with van der Waals surface area (Å²) in [4.78, 5) is 42.9. The molecule has 6 nitrogen and oxygen atoms in total. The van der Waals surface area contributed by atoms with Crippen LogP contribution in [0.1, 0.15) is 49.8 Å². The van der Waals surface area contributed by atoms with Crippen molar-refractivity contribution >= 4 is 61.7 Å². The number of carbonyl (C=O) groups is 3. The molecule has 3 aromatic rings. The highest BCUT2D eigenvalue weighted by Crippen LogP contribution is 2.36. The van der Waals surface area contributed by atoms with Gasteiger partial charge in [-0.3, -0.25) is 19.3 Å². The van der Waals surface area contributed by atoms with Gasteiger partial charge in [0.15, 0.2) is 0 Å². The Labute approximate surface area is 229 Å². The zero-order valence-corrected chi connectivity index (χ0v) is 23.5. The second-order valence-electron chi connectivity index (χ2n) is 9.71. The second-order valence-corrected chi connectivity index (χ2v) is 11.6. The monoisotopic (exact) mass is 579 g/mol. The molecule has 37 heavy (non-hydrogen) atoms. The molecular formula is C29H30BrN3O3S. The molecule has 0 unspecified atom stereocenters. The molecule has 0 bridgehead atoms. The lowest BCUT2D eigenvalue weighted by atomic mass is 10.0. The van der Waals surface area contributed by atoms with Gasteiger partial charge in [-0.1, -0.05) is 53.2 Å². The lowest BCUT2D eigenvalue weighted by Gasteiger charge is -2.33. The molecule has 0 saturated carbocycles. The van der Waals surface area contributed by atoms with Crippen LogP contribution in [0.2, 0.25) is 0 Å². The van der Waals surface area contributed by atoms with Gasteiger partial charge in [0.1, 0.15) is 6.54 Å². The number of carbonyl (C=O) groups excluding carboxylic acids is 3. The molecule has 2 fully saturated rings. The van der Waals surface area contributed by atoms with Crippen molar-refractivity contribution in [2.75, 3.05) is 6.54 Å². The Morgan fingerprint density at radius 2 is 1.92 bits per heavy atom. The number of hydrogen-bond acceptors (Lipinski definition) is 4. The number of amides is 3. The zero-order chi connectivity index (χ0) is 26.1. The SMILES string of the molecule is CCc1cccc2c(/C=C3\SC(=O)N(Cc4ccc(Br)cc4)C3=O)cn(CC(=O)N3CCCC[C@@H]3C)c12. The predicted octanol–water partition coefficient (Wildman–Crippen LogP) is 6.60. The third-order valence-electron chi connectivity index (χ3n) is 7.24. The Morgan fingerprint density at radius 3 is 2.65 bits per heavy atom. The summed E-state index contributed by atoms with van der Waals surface area (Å²) in [5.41, 5.74) is 3.91. The minimum Gasteiger partial charge on any atom is -0.338 e. The van der Waals surface area contributed by atoms with E-state index in [2.05, 4.69) is 35.8 Å². The number of nitrogens with zero attached hydrogens (tertiary/aromatic N) is 3. The van der Waals surface area contributed by atoms with Gasteiger partial charge in [-0.05, 0) is 73.7 Å². The molecule has 8 heteroatoms. The number of para-hydroxylation sites is 1. The summed E-state index contributed by atoms with van der Waals surface area (Å²) in [6.07, 6.45) is 7.85. The van der Waals surface area contributed by atoms with E-state index in [-0.39, 0.29) is 36.2 Å². The van der Waals surface area contributed by atoms with Crippen LogP contribution in [0.5, 0.6) is 0 Å². The fourth-order valence-electron chi connectivity index (χ4n) is 5.25. The van der Waals surface area contributed by atoms with Crippen LogP contribution in [0.4, 0.5) is 4.79 Å². The van der Waals surface area contributed by atoms with E-state index < -0.39 is 0 Å². The summed E-state index contributed by atoms with van der Waals surface area (Å²) in [5, 5.41) is 0.713. The van der Waals surface area contributed by atoms with Crippen LogP contribution in [0.15, 0.2) is 58.0 Å². The quantitative estimate of drug-likeness (QED) is 0.308. The number of aryl methyl sites for hydroxylation is 1. The normalized spacial score (nSPS) is 19.4. The lowest BCUT2D eigenvalue weighted by Crippen LogP contribution is -2.43. The van der Waals surface area contributed by atoms with Gasteiger partial charge in [-0.25, -0.2) is 0 Å². The zero-order valence-electron chi connectivity index (χ0n) is 21.1. The molecule has 1 aromatic heterocycles. The maximum atomic E-state index is 13.3. The molecule has 0 spiro atoms. The van der Waals surface area contributed by atoms with E-state index >= 15 is 0 Å². The highest BCUT2D eigenvalue weighted by Gasteiger charge is 2.35. The molecule has 0 radical (unpaired) electrons. The summed E-state index contributed by atoms with van der Waals surface area (Å²) in [6, 6.07) is 14.0. The fraction of sp³-hybridized carbons (Fsp3) is 0.345. The van der Waals surface area contributed by atoms with Crippen LogP contribution >= 0.6 is 27.7 Å². The Bertz CT molecular complexity index is 1400. The van der Waals surface area contributed by atoms with E-state index in [4.69, 9.17) is 0 Å². The van der Waals surface area contributed by atoms with Crippen molar-refractivity contribution in [1.82, 2.24) is 14.4 Å². The Kier molecular flexibility index (Phi) is 7.58. The second kappa shape index (κ2) is 10.9. The van der Waals surface area contributed by atoms with E-state index in [1.807, 2.05) is 52.1 Å². The molecule has 2 saturated heterocycles. The van der Waals surface area contributed by atoms with E-state index in [9.17, 15) is 14.4 Å². The largest absolute Gasteiger partial charge is 0.338 e. The molecule has 2 aromatic carbocycles. The average molecular weight is 581 g/mol. The first-order valence-electron chi connectivity index (χ1n) is 12.8. The Balaban J connectivity index is 1.46. The van der Waals surface area contributed by atoms with Gasteiger partial charge in [0.2, 0.25) is 5.91 Å². The van der Waals surface area contributed by atoms with Crippen molar-refractivity contribution in [1.29, 1.82) is 0 Å². The summed E-state index contributed by atoms with van der Waals surface area (Å²) < 4.78 is 2.97. The van der Waals surface area contributed by atoms with Crippen LogP contribution < -0.4 is 0 Å². The number of piperidine rings is 1. The Morgan fingerprint density at radius 1 is 1.14 bits per heavy atom. The van der Waals surface area contributed by atoms with E-state index in [1.54, 1.807) is 6.08 Å². The third kappa shape index (κ3) is 5.27. The van der Waals surface area contributed by atoms with Crippen molar-refractivity contribution < 1.29 is 14.4 Å². The average Bonchev–Trinajstić information content (AvgIpc) is 3.37. The van der Waals surface area contributed by atoms with Gasteiger partial charge in [-0.2, -0.15) is 0 Å². The topological polar surface area (TPSA) is 62.6 Å². The van der Waals surface area contributed by atoms with E-state index in [0.29, 0.717) is 4.91 Å².